The molecule has 2 aliphatic heterocycles. The second-order valence-electron chi connectivity index (χ2n) is 7.20. The lowest BCUT2D eigenvalue weighted by molar-refractivity contribution is -0.118. The minimum absolute atomic E-state index is 0.0988. The summed E-state index contributed by atoms with van der Waals surface area (Å²) in [6, 6.07) is 5.31. The highest BCUT2D eigenvalue weighted by Gasteiger charge is 2.43. The second kappa shape index (κ2) is 7.48. The van der Waals surface area contributed by atoms with Crippen LogP contribution in [0, 0.1) is 6.92 Å². The zero-order valence-electron chi connectivity index (χ0n) is 15.9. The maximum atomic E-state index is 12.6. The van der Waals surface area contributed by atoms with Crippen molar-refractivity contribution < 1.29 is 19.1 Å². The Kier molecular flexibility index (Phi) is 5.03. The molecule has 1 fully saturated rings. The van der Waals surface area contributed by atoms with E-state index in [0.29, 0.717) is 54.5 Å². The molecule has 1 amide bonds. The van der Waals surface area contributed by atoms with E-state index in [9.17, 15) is 9.59 Å². The molecule has 0 radical (unpaired) electrons. The van der Waals surface area contributed by atoms with Crippen LogP contribution in [0.15, 0.2) is 18.2 Å². The molecule has 1 aromatic heterocycles. The van der Waals surface area contributed by atoms with Crippen molar-refractivity contribution in [2.45, 2.75) is 31.8 Å². The summed E-state index contributed by atoms with van der Waals surface area (Å²) < 4.78 is 11.5. The standard InChI is InChI=1S/C19H22N4O4S/c1-12-21-22-18(28-12)20-17(25)11-23-7-5-19(6-8-23)10-15(24)14-4-3-13(26-2)9-16(14)27-19/h3-4,9H,5-8,10-11H2,1-2H3,(H,20,22,25). The van der Waals surface area contributed by atoms with Crippen molar-refractivity contribution in [1.29, 1.82) is 0 Å². The van der Waals surface area contributed by atoms with Crippen LogP contribution >= 0.6 is 11.3 Å². The number of carbonyl (C=O) groups excluding carboxylic acids is 2. The van der Waals surface area contributed by atoms with Crippen molar-refractivity contribution in [3.63, 3.8) is 0 Å². The van der Waals surface area contributed by atoms with Crippen LogP contribution in [0.2, 0.25) is 0 Å². The molecular weight excluding hydrogens is 380 g/mol. The first-order valence-corrected chi connectivity index (χ1v) is 10.0. The lowest BCUT2D eigenvalue weighted by atomic mass is 9.82. The summed E-state index contributed by atoms with van der Waals surface area (Å²) in [5.41, 5.74) is 0.111. The van der Waals surface area contributed by atoms with Gasteiger partial charge in [-0.2, -0.15) is 0 Å². The van der Waals surface area contributed by atoms with E-state index in [1.807, 2.05) is 6.92 Å². The Bertz CT molecular complexity index is 905. The fourth-order valence-corrected chi connectivity index (χ4v) is 4.32. The average Bonchev–Trinajstić information content (AvgIpc) is 3.08. The summed E-state index contributed by atoms with van der Waals surface area (Å²) in [5.74, 6) is 1.25. The van der Waals surface area contributed by atoms with Crippen molar-refractivity contribution in [3.05, 3.63) is 28.8 Å². The molecule has 0 saturated carbocycles. The lowest BCUT2D eigenvalue weighted by Gasteiger charge is -2.43. The average molecular weight is 402 g/mol. The van der Waals surface area contributed by atoms with Gasteiger partial charge >= 0.3 is 0 Å². The van der Waals surface area contributed by atoms with E-state index >= 15 is 0 Å². The number of Topliss-reactive ketones (excluding diaryl/α,β-unsaturated/α-hetero) is 1. The van der Waals surface area contributed by atoms with Crippen LogP contribution in [-0.4, -0.2) is 59.1 Å². The number of nitrogens with one attached hydrogen (secondary N) is 1. The molecule has 0 bridgehead atoms. The quantitative estimate of drug-likeness (QED) is 0.839. The van der Waals surface area contributed by atoms with Crippen molar-refractivity contribution in [2.24, 2.45) is 0 Å². The van der Waals surface area contributed by atoms with Crippen LogP contribution in [0.3, 0.4) is 0 Å². The van der Waals surface area contributed by atoms with Gasteiger partial charge in [0.05, 0.1) is 25.6 Å². The molecule has 0 unspecified atom stereocenters. The maximum absolute atomic E-state index is 12.6. The molecule has 1 aromatic carbocycles. The van der Waals surface area contributed by atoms with E-state index in [-0.39, 0.29) is 18.2 Å². The van der Waals surface area contributed by atoms with Crippen LogP contribution < -0.4 is 14.8 Å². The second-order valence-corrected chi connectivity index (χ2v) is 8.38. The van der Waals surface area contributed by atoms with E-state index in [0.717, 1.165) is 5.01 Å². The van der Waals surface area contributed by atoms with Gasteiger partial charge in [-0.1, -0.05) is 11.3 Å². The molecule has 3 heterocycles. The molecule has 1 N–H and O–H groups in total. The van der Waals surface area contributed by atoms with Gasteiger partial charge in [-0.05, 0) is 19.1 Å². The van der Waals surface area contributed by atoms with Crippen LogP contribution in [0.5, 0.6) is 11.5 Å². The van der Waals surface area contributed by atoms with E-state index < -0.39 is 5.60 Å². The van der Waals surface area contributed by atoms with Gasteiger partial charge in [-0.15, -0.1) is 10.2 Å². The smallest absolute Gasteiger partial charge is 0.240 e. The highest BCUT2D eigenvalue weighted by Crippen LogP contribution is 2.40. The van der Waals surface area contributed by atoms with E-state index in [4.69, 9.17) is 9.47 Å². The monoisotopic (exact) mass is 402 g/mol. The number of carbonyl (C=O) groups is 2. The SMILES string of the molecule is COc1ccc2c(c1)OC1(CCN(CC(=O)Nc3nnc(C)s3)CC1)CC2=O. The summed E-state index contributed by atoms with van der Waals surface area (Å²) in [5, 5.41) is 11.9. The van der Waals surface area contributed by atoms with Crippen LogP contribution in [-0.2, 0) is 4.79 Å². The Morgan fingerprint density at radius 1 is 1.36 bits per heavy atom. The Labute approximate surface area is 166 Å². The Morgan fingerprint density at radius 3 is 2.82 bits per heavy atom. The number of aryl methyl sites for hydroxylation is 1. The fraction of sp³-hybridized carbons (Fsp3) is 0.474. The maximum Gasteiger partial charge on any atom is 0.240 e. The summed E-state index contributed by atoms with van der Waals surface area (Å²) in [6.07, 6.45) is 1.76. The van der Waals surface area contributed by atoms with E-state index in [2.05, 4.69) is 20.4 Å². The minimum atomic E-state index is -0.500. The Balaban J connectivity index is 1.36. The number of likely N-dealkylation sites (tertiary alicyclic amines) is 1. The van der Waals surface area contributed by atoms with Crippen LogP contribution in [0.1, 0.15) is 34.6 Å². The predicted octanol–water partition coefficient (Wildman–Crippen LogP) is 2.29. The third-order valence-electron chi connectivity index (χ3n) is 5.21. The first-order valence-electron chi connectivity index (χ1n) is 9.19. The van der Waals surface area contributed by atoms with Gasteiger partial charge in [0.2, 0.25) is 11.0 Å². The Morgan fingerprint density at radius 2 is 2.14 bits per heavy atom. The van der Waals surface area contributed by atoms with Gasteiger partial charge in [0, 0.05) is 32.0 Å². The molecule has 1 spiro atoms. The fourth-order valence-electron chi connectivity index (χ4n) is 3.71. The largest absolute Gasteiger partial charge is 0.497 e. The number of fused-ring (bicyclic) bond motifs is 1. The van der Waals surface area contributed by atoms with Crippen molar-refractivity contribution >= 4 is 28.2 Å². The number of benzene rings is 1. The van der Waals surface area contributed by atoms with Gasteiger partial charge in [0.25, 0.3) is 0 Å². The molecule has 0 aliphatic carbocycles. The first-order chi connectivity index (χ1) is 13.5. The zero-order valence-corrected chi connectivity index (χ0v) is 16.7. The first kappa shape index (κ1) is 18.8. The number of aromatic nitrogens is 2. The van der Waals surface area contributed by atoms with Gasteiger partial charge < -0.3 is 9.47 Å². The molecule has 1 saturated heterocycles. The third-order valence-corrected chi connectivity index (χ3v) is 5.96. The highest BCUT2D eigenvalue weighted by molar-refractivity contribution is 7.15. The molecular formula is C19H22N4O4S. The van der Waals surface area contributed by atoms with Crippen molar-refractivity contribution in [2.75, 3.05) is 32.1 Å². The molecule has 9 heteroatoms. The summed E-state index contributed by atoms with van der Waals surface area (Å²) in [4.78, 5) is 26.9. The number of methoxy groups -OCH3 is 1. The summed E-state index contributed by atoms with van der Waals surface area (Å²) in [7, 11) is 1.59. The van der Waals surface area contributed by atoms with Gasteiger partial charge in [-0.25, -0.2) is 0 Å². The number of nitrogens with zero attached hydrogens (tertiary/aromatic N) is 3. The van der Waals surface area contributed by atoms with Crippen molar-refractivity contribution in [3.8, 4) is 11.5 Å². The Hall–Kier alpha value is -2.52. The normalized spacial score (nSPS) is 18.4. The number of hydrogen-bond acceptors (Lipinski definition) is 8. The lowest BCUT2D eigenvalue weighted by Crippen LogP contribution is -2.52. The summed E-state index contributed by atoms with van der Waals surface area (Å²) >= 11 is 1.35. The molecule has 148 valence electrons. The molecule has 2 aliphatic rings. The van der Waals surface area contributed by atoms with Crippen molar-refractivity contribution in [1.82, 2.24) is 15.1 Å². The minimum Gasteiger partial charge on any atom is -0.497 e. The zero-order chi connectivity index (χ0) is 19.7. The number of anilines is 1. The number of hydrogen-bond donors (Lipinski definition) is 1. The van der Waals surface area contributed by atoms with Gasteiger partial charge in [-0.3, -0.25) is 19.8 Å². The predicted molar refractivity (Wildman–Crippen MR) is 104 cm³/mol. The number of piperidine rings is 1. The molecule has 4 rings (SSSR count). The van der Waals surface area contributed by atoms with Gasteiger partial charge in [0.15, 0.2) is 5.78 Å². The summed E-state index contributed by atoms with van der Waals surface area (Å²) in [6.45, 7) is 3.51. The topological polar surface area (TPSA) is 93.7 Å². The molecule has 2 aromatic rings. The molecule has 8 nitrogen and oxygen atoms in total. The molecule has 28 heavy (non-hydrogen) atoms. The number of ketones is 1. The number of amides is 1. The molecule has 0 atom stereocenters. The van der Waals surface area contributed by atoms with E-state index in [1.54, 1.807) is 25.3 Å². The third kappa shape index (κ3) is 3.85. The number of rotatable bonds is 4. The van der Waals surface area contributed by atoms with Crippen LogP contribution in [0.25, 0.3) is 0 Å². The number of ether oxygens (including phenoxy) is 2. The van der Waals surface area contributed by atoms with Gasteiger partial charge in [0.1, 0.15) is 22.1 Å². The highest BCUT2D eigenvalue weighted by atomic mass is 32.1. The van der Waals surface area contributed by atoms with Crippen LogP contribution in [0.4, 0.5) is 5.13 Å². The van der Waals surface area contributed by atoms with E-state index in [1.165, 1.54) is 11.3 Å².